The van der Waals surface area contributed by atoms with Crippen LogP contribution in [0.25, 0.3) is 10.8 Å². The smallest absolute Gasteiger partial charge is 0.258 e. The lowest BCUT2D eigenvalue weighted by Gasteiger charge is -2.26. The van der Waals surface area contributed by atoms with Gasteiger partial charge < -0.3 is 14.7 Å². The van der Waals surface area contributed by atoms with Gasteiger partial charge in [-0.1, -0.05) is 26.0 Å². The highest BCUT2D eigenvalue weighted by molar-refractivity contribution is 6.26. The zero-order valence-corrected chi connectivity index (χ0v) is 16.2. The highest BCUT2D eigenvalue weighted by Gasteiger charge is 2.30. The number of rotatable bonds is 4. The van der Waals surface area contributed by atoms with Crippen molar-refractivity contribution in [1.82, 2.24) is 4.90 Å². The molecule has 4 heteroatoms. The van der Waals surface area contributed by atoms with Crippen molar-refractivity contribution >= 4 is 28.1 Å². The number of nitrogens with zero attached hydrogens (tertiary/aromatic N) is 3. The van der Waals surface area contributed by atoms with Gasteiger partial charge in [0.05, 0.1) is 5.69 Å². The Balaban J connectivity index is 1.69. The third-order valence-electron chi connectivity index (χ3n) is 5.63. The monoisotopic (exact) mass is 351 g/mol. The van der Waals surface area contributed by atoms with E-state index in [0.717, 1.165) is 42.8 Å². The summed E-state index contributed by atoms with van der Waals surface area (Å²) in [6.07, 6.45) is 1.19. The minimum absolute atomic E-state index is 0.143. The lowest BCUT2D eigenvalue weighted by molar-refractivity contribution is 0.0994. The van der Waals surface area contributed by atoms with E-state index in [4.69, 9.17) is 0 Å². The van der Waals surface area contributed by atoms with Gasteiger partial charge in [0.25, 0.3) is 5.91 Å². The number of carbonyl (C=O) groups excluding carboxylic acids is 1. The van der Waals surface area contributed by atoms with E-state index in [1.807, 2.05) is 24.0 Å². The van der Waals surface area contributed by atoms with E-state index in [0.29, 0.717) is 5.92 Å². The lowest BCUT2D eigenvalue weighted by Crippen LogP contribution is -2.33. The Labute approximate surface area is 156 Å². The van der Waals surface area contributed by atoms with Crippen molar-refractivity contribution in [2.45, 2.75) is 27.2 Å². The second-order valence-electron chi connectivity index (χ2n) is 7.92. The minimum Gasteiger partial charge on any atom is -0.370 e. The Morgan fingerprint density at radius 1 is 1.00 bits per heavy atom. The molecule has 0 aliphatic carbocycles. The second kappa shape index (κ2) is 6.92. The van der Waals surface area contributed by atoms with E-state index in [1.54, 1.807) is 0 Å². The number of anilines is 2. The number of hydrogen-bond acceptors (Lipinski definition) is 3. The molecule has 4 rings (SSSR count). The van der Waals surface area contributed by atoms with E-state index in [2.05, 4.69) is 41.8 Å². The molecule has 0 spiro atoms. The topological polar surface area (TPSA) is 26.8 Å². The van der Waals surface area contributed by atoms with E-state index in [-0.39, 0.29) is 5.91 Å². The summed E-state index contributed by atoms with van der Waals surface area (Å²) in [7, 11) is 0. The van der Waals surface area contributed by atoms with Gasteiger partial charge in [0.1, 0.15) is 0 Å². The molecule has 0 N–H and O–H groups in total. The predicted molar refractivity (Wildman–Crippen MR) is 109 cm³/mol. The molecule has 2 heterocycles. The largest absolute Gasteiger partial charge is 0.370 e. The maximum Gasteiger partial charge on any atom is 0.258 e. The standard InChI is InChI=1S/C22H29N3O/c1-4-25-20-10-9-19(17-7-5-8-18(21(17)20)22(25)26)24-12-6-11-23(13-14-24)15-16(2)3/h5,7-10,16H,4,6,11-15H2,1-3H3. The van der Waals surface area contributed by atoms with Crippen LogP contribution in [0.1, 0.15) is 37.6 Å². The Morgan fingerprint density at radius 2 is 1.81 bits per heavy atom. The summed E-state index contributed by atoms with van der Waals surface area (Å²) in [5.41, 5.74) is 3.21. The molecule has 0 unspecified atom stereocenters. The average molecular weight is 351 g/mol. The highest BCUT2D eigenvalue weighted by atomic mass is 16.2. The number of carbonyl (C=O) groups is 1. The summed E-state index contributed by atoms with van der Waals surface area (Å²) < 4.78 is 0. The number of benzene rings is 2. The van der Waals surface area contributed by atoms with Crippen LogP contribution >= 0.6 is 0 Å². The van der Waals surface area contributed by atoms with Crippen molar-refractivity contribution in [3.63, 3.8) is 0 Å². The van der Waals surface area contributed by atoms with Gasteiger partial charge in [0.2, 0.25) is 0 Å². The third kappa shape index (κ3) is 2.86. The summed E-state index contributed by atoms with van der Waals surface area (Å²) >= 11 is 0. The third-order valence-corrected chi connectivity index (χ3v) is 5.63. The fourth-order valence-corrected chi connectivity index (χ4v) is 4.53. The summed E-state index contributed by atoms with van der Waals surface area (Å²) in [5.74, 6) is 0.855. The molecule has 1 amide bonds. The Kier molecular flexibility index (Phi) is 4.62. The van der Waals surface area contributed by atoms with E-state index in [9.17, 15) is 4.79 Å². The molecule has 0 saturated carbocycles. The molecule has 2 aromatic rings. The second-order valence-corrected chi connectivity index (χ2v) is 7.92. The van der Waals surface area contributed by atoms with Gasteiger partial charge in [-0.25, -0.2) is 0 Å². The molecule has 0 aromatic heterocycles. The van der Waals surface area contributed by atoms with Crippen molar-refractivity contribution in [3.8, 4) is 0 Å². The van der Waals surface area contributed by atoms with Crippen LogP contribution in [0.15, 0.2) is 30.3 Å². The zero-order valence-electron chi connectivity index (χ0n) is 16.2. The van der Waals surface area contributed by atoms with Crippen LogP contribution in [0, 0.1) is 5.92 Å². The lowest BCUT2D eigenvalue weighted by atomic mass is 10.0. The minimum atomic E-state index is 0.143. The van der Waals surface area contributed by atoms with Gasteiger partial charge >= 0.3 is 0 Å². The summed E-state index contributed by atoms with van der Waals surface area (Å²) in [6, 6.07) is 10.6. The zero-order chi connectivity index (χ0) is 18.3. The number of hydrogen-bond donors (Lipinski definition) is 0. The van der Waals surface area contributed by atoms with E-state index in [1.165, 1.54) is 30.6 Å². The van der Waals surface area contributed by atoms with E-state index < -0.39 is 0 Å². The van der Waals surface area contributed by atoms with Gasteiger partial charge in [-0.2, -0.15) is 0 Å². The molecular weight excluding hydrogens is 322 g/mol. The molecule has 2 aliphatic rings. The van der Waals surface area contributed by atoms with Crippen LogP contribution in [0.5, 0.6) is 0 Å². The Bertz CT molecular complexity index is 829. The predicted octanol–water partition coefficient (Wildman–Crippen LogP) is 3.99. The van der Waals surface area contributed by atoms with Crippen molar-refractivity contribution < 1.29 is 4.79 Å². The van der Waals surface area contributed by atoms with Crippen molar-refractivity contribution in [3.05, 3.63) is 35.9 Å². The van der Waals surface area contributed by atoms with Gasteiger partial charge in [-0.15, -0.1) is 0 Å². The van der Waals surface area contributed by atoms with Crippen LogP contribution in [0.2, 0.25) is 0 Å². The molecule has 2 aromatic carbocycles. The van der Waals surface area contributed by atoms with Gasteiger partial charge in [-0.3, -0.25) is 4.79 Å². The molecular formula is C22H29N3O. The van der Waals surface area contributed by atoms with Crippen molar-refractivity contribution in [2.75, 3.05) is 49.1 Å². The SMILES string of the molecule is CCN1C(=O)c2cccc3c(N4CCCN(CC(C)C)CC4)ccc1c23. The maximum absolute atomic E-state index is 12.7. The van der Waals surface area contributed by atoms with Gasteiger partial charge in [-0.05, 0) is 44.0 Å². The van der Waals surface area contributed by atoms with Crippen LogP contribution in [0.4, 0.5) is 11.4 Å². The number of amides is 1. The first-order valence-electron chi connectivity index (χ1n) is 9.95. The van der Waals surface area contributed by atoms with E-state index >= 15 is 0 Å². The van der Waals surface area contributed by atoms with Crippen molar-refractivity contribution in [1.29, 1.82) is 0 Å². The summed E-state index contributed by atoms with van der Waals surface area (Å²) in [4.78, 5) is 19.7. The molecule has 0 atom stereocenters. The van der Waals surface area contributed by atoms with Crippen LogP contribution in [0.3, 0.4) is 0 Å². The molecule has 138 valence electrons. The van der Waals surface area contributed by atoms with Gasteiger partial charge in [0.15, 0.2) is 0 Å². The van der Waals surface area contributed by atoms with Crippen LogP contribution < -0.4 is 9.80 Å². The fourth-order valence-electron chi connectivity index (χ4n) is 4.53. The molecule has 4 nitrogen and oxygen atoms in total. The molecule has 0 bridgehead atoms. The van der Waals surface area contributed by atoms with Crippen molar-refractivity contribution in [2.24, 2.45) is 5.92 Å². The molecule has 26 heavy (non-hydrogen) atoms. The van der Waals surface area contributed by atoms with Crippen LogP contribution in [-0.2, 0) is 0 Å². The fraction of sp³-hybridized carbons (Fsp3) is 0.500. The quantitative estimate of drug-likeness (QED) is 0.833. The molecule has 1 fully saturated rings. The summed E-state index contributed by atoms with van der Waals surface area (Å²) in [5, 5.41) is 2.36. The first kappa shape index (κ1) is 17.3. The Morgan fingerprint density at radius 3 is 2.58 bits per heavy atom. The first-order valence-corrected chi connectivity index (χ1v) is 9.95. The molecule has 2 aliphatic heterocycles. The molecule has 0 radical (unpaired) electrons. The Hall–Kier alpha value is -2.07. The normalized spacial score (nSPS) is 18.2. The van der Waals surface area contributed by atoms with Gasteiger partial charge in [0, 0.05) is 54.7 Å². The first-order chi connectivity index (χ1) is 12.6. The maximum atomic E-state index is 12.7. The highest BCUT2D eigenvalue weighted by Crippen LogP contribution is 2.41. The van der Waals surface area contributed by atoms with Crippen LogP contribution in [-0.4, -0.2) is 50.1 Å². The average Bonchev–Trinajstić information content (AvgIpc) is 2.77. The molecule has 1 saturated heterocycles. The summed E-state index contributed by atoms with van der Waals surface area (Å²) in [6.45, 7) is 13.0.